The van der Waals surface area contributed by atoms with Crippen molar-refractivity contribution in [1.82, 2.24) is 0 Å². The lowest BCUT2D eigenvalue weighted by molar-refractivity contribution is 0.262. The highest BCUT2D eigenvalue weighted by Crippen LogP contribution is 2.20. The Labute approximate surface area is 133 Å². The highest BCUT2D eigenvalue weighted by atomic mass is 35.5. The van der Waals surface area contributed by atoms with E-state index in [1.807, 2.05) is 0 Å². The lowest BCUT2D eigenvalue weighted by Crippen LogP contribution is -2.20. The molecule has 0 bridgehead atoms. The predicted octanol–water partition coefficient (Wildman–Crippen LogP) is 2.94. The summed E-state index contributed by atoms with van der Waals surface area (Å²) in [6.45, 7) is 1.74. The molecule has 8 heteroatoms. The molecule has 116 valence electrons. The van der Waals surface area contributed by atoms with E-state index in [9.17, 15) is 13.2 Å². The molecule has 6 nitrogen and oxygen atoms in total. The van der Waals surface area contributed by atoms with E-state index >= 15 is 0 Å². The summed E-state index contributed by atoms with van der Waals surface area (Å²) < 4.78 is 22.7. The van der Waals surface area contributed by atoms with Crippen LogP contribution in [0.5, 0.6) is 0 Å². The Morgan fingerprint density at radius 3 is 2.32 bits per heavy atom. The third kappa shape index (κ3) is 4.20. The van der Waals surface area contributed by atoms with E-state index in [4.69, 9.17) is 16.7 Å². The summed E-state index contributed by atoms with van der Waals surface area (Å²) in [5, 5.41) is 10.8. The molecule has 0 unspecified atom stereocenters. The number of nitrogens with two attached hydrogens (primary N) is 1. The third-order valence-corrected chi connectivity index (χ3v) is 4.05. The van der Waals surface area contributed by atoms with E-state index in [1.54, 1.807) is 37.3 Å². The molecular formula is C14H14ClN3O3S. The molecule has 2 amide bonds. The van der Waals surface area contributed by atoms with Crippen molar-refractivity contribution in [2.75, 3.05) is 10.6 Å². The van der Waals surface area contributed by atoms with Crippen LogP contribution in [0.4, 0.5) is 16.2 Å². The molecule has 4 N–H and O–H groups in total. The number of anilines is 2. The van der Waals surface area contributed by atoms with Crippen molar-refractivity contribution in [3.8, 4) is 0 Å². The van der Waals surface area contributed by atoms with E-state index in [0.29, 0.717) is 22.0 Å². The van der Waals surface area contributed by atoms with Gasteiger partial charge in [0.1, 0.15) is 0 Å². The largest absolute Gasteiger partial charge is 0.323 e. The van der Waals surface area contributed by atoms with Crippen molar-refractivity contribution in [1.29, 1.82) is 0 Å². The quantitative estimate of drug-likeness (QED) is 0.801. The first-order chi connectivity index (χ1) is 10.3. The zero-order chi connectivity index (χ0) is 16.3. The van der Waals surface area contributed by atoms with E-state index in [-0.39, 0.29) is 4.90 Å². The summed E-state index contributed by atoms with van der Waals surface area (Å²) in [5.74, 6) is 0. The van der Waals surface area contributed by atoms with Gasteiger partial charge in [-0.05, 0) is 48.9 Å². The number of hydrogen-bond acceptors (Lipinski definition) is 3. The molecule has 0 saturated carbocycles. The average molecular weight is 340 g/mol. The zero-order valence-electron chi connectivity index (χ0n) is 11.6. The number of benzene rings is 2. The van der Waals surface area contributed by atoms with Gasteiger partial charge < -0.3 is 10.6 Å². The number of carbonyl (C=O) groups is 1. The van der Waals surface area contributed by atoms with Crippen LogP contribution < -0.4 is 15.8 Å². The minimum atomic E-state index is -3.83. The topological polar surface area (TPSA) is 101 Å². The van der Waals surface area contributed by atoms with Gasteiger partial charge in [0, 0.05) is 16.4 Å². The number of nitrogens with one attached hydrogen (secondary N) is 2. The second-order valence-corrected chi connectivity index (χ2v) is 6.61. The number of sulfonamides is 1. The van der Waals surface area contributed by atoms with Gasteiger partial charge in [0.05, 0.1) is 4.90 Å². The molecule has 0 atom stereocenters. The average Bonchev–Trinajstić information content (AvgIpc) is 2.42. The monoisotopic (exact) mass is 339 g/mol. The summed E-state index contributed by atoms with van der Waals surface area (Å²) >= 11 is 5.76. The van der Waals surface area contributed by atoms with E-state index in [1.165, 1.54) is 12.1 Å². The van der Waals surface area contributed by atoms with Crippen LogP contribution in [-0.2, 0) is 10.0 Å². The molecule has 0 radical (unpaired) electrons. The maximum Gasteiger partial charge on any atom is 0.323 e. The van der Waals surface area contributed by atoms with Gasteiger partial charge in [0.25, 0.3) is 0 Å². The number of halogens is 1. The van der Waals surface area contributed by atoms with Crippen LogP contribution in [0.2, 0.25) is 5.02 Å². The van der Waals surface area contributed by atoms with Crippen LogP contribution in [0.15, 0.2) is 47.4 Å². The summed E-state index contributed by atoms with van der Waals surface area (Å²) in [6.07, 6.45) is 0. The fraction of sp³-hybridized carbons (Fsp3) is 0.0714. The fourth-order valence-corrected chi connectivity index (χ4v) is 2.40. The SMILES string of the molecule is Cc1ccc(S(N)(=O)=O)cc1NC(=O)Nc1ccc(Cl)cc1. The van der Waals surface area contributed by atoms with Gasteiger partial charge in [-0.15, -0.1) is 0 Å². The van der Waals surface area contributed by atoms with Gasteiger partial charge in [-0.1, -0.05) is 17.7 Å². The Balaban J connectivity index is 2.16. The molecule has 0 saturated heterocycles. The van der Waals surface area contributed by atoms with Gasteiger partial charge in [-0.3, -0.25) is 0 Å². The Morgan fingerprint density at radius 1 is 1.09 bits per heavy atom. The zero-order valence-corrected chi connectivity index (χ0v) is 13.2. The van der Waals surface area contributed by atoms with Crippen molar-refractivity contribution in [2.24, 2.45) is 5.14 Å². The van der Waals surface area contributed by atoms with Gasteiger partial charge >= 0.3 is 6.03 Å². The molecule has 2 aromatic carbocycles. The number of primary sulfonamides is 1. The summed E-state index contributed by atoms with van der Waals surface area (Å²) in [7, 11) is -3.83. The number of carbonyl (C=O) groups excluding carboxylic acids is 1. The molecule has 0 aromatic heterocycles. The van der Waals surface area contributed by atoms with Crippen molar-refractivity contribution >= 4 is 39.0 Å². The van der Waals surface area contributed by atoms with Crippen LogP contribution in [0.25, 0.3) is 0 Å². The summed E-state index contributed by atoms with van der Waals surface area (Å²) in [5.41, 5.74) is 1.62. The Kier molecular flexibility index (Phi) is 4.70. The Hall–Kier alpha value is -2.09. The molecule has 2 aromatic rings. The van der Waals surface area contributed by atoms with Crippen LogP contribution in [0.1, 0.15) is 5.56 Å². The Morgan fingerprint density at radius 2 is 1.73 bits per heavy atom. The van der Waals surface area contributed by atoms with Crippen LogP contribution in [0, 0.1) is 6.92 Å². The molecule has 0 fully saturated rings. The second-order valence-electron chi connectivity index (χ2n) is 4.61. The number of hydrogen-bond donors (Lipinski definition) is 3. The summed E-state index contributed by atoms with van der Waals surface area (Å²) in [4.78, 5) is 11.9. The van der Waals surface area contributed by atoms with Crippen molar-refractivity contribution in [3.05, 3.63) is 53.1 Å². The molecule has 0 heterocycles. The molecule has 22 heavy (non-hydrogen) atoms. The number of amides is 2. The minimum absolute atomic E-state index is 0.0695. The standard InChI is InChI=1S/C14H14ClN3O3S/c1-9-2-7-12(22(16,20)21)8-13(9)18-14(19)17-11-5-3-10(15)4-6-11/h2-8H,1H3,(H2,16,20,21)(H2,17,18,19). The number of urea groups is 1. The van der Waals surface area contributed by atoms with Gasteiger partial charge in [-0.2, -0.15) is 0 Å². The van der Waals surface area contributed by atoms with E-state index in [0.717, 1.165) is 0 Å². The maximum atomic E-state index is 11.9. The van der Waals surface area contributed by atoms with Gasteiger partial charge in [-0.25, -0.2) is 18.4 Å². The lowest BCUT2D eigenvalue weighted by atomic mass is 10.2. The second kappa shape index (κ2) is 6.35. The smallest absolute Gasteiger partial charge is 0.308 e. The number of aryl methyl sites for hydroxylation is 1. The van der Waals surface area contributed by atoms with E-state index in [2.05, 4.69) is 10.6 Å². The van der Waals surface area contributed by atoms with Gasteiger partial charge in [0.2, 0.25) is 10.0 Å². The molecule has 0 aliphatic rings. The van der Waals surface area contributed by atoms with Crippen molar-refractivity contribution in [2.45, 2.75) is 11.8 Å². The first-order valence-electron chi connectivity index (χ1n) is 6.23. The van der Waals surface area contributed by atoms with Crippen molar-refractivity contribution in [3.63, 3.8) is 0 Å². The predicted molar refractivity (Wildman–Crippen MR) is 86.6 cm³/mol. The molecular weight excluding hydrogens is 326 g/mol. The van der Waals surface area contributed by atoms with Crippen LogP contribution in [-0.4, -0.2) is 14.4 Å². The van der Waals surface area contributed by atoms with Crippen LogP contribution >= 0.6 is 11.6 Å². The third-order valence-electron chi connectivity index (χ3n) is 2.89. The first kappa shape index (κ1) is 16.3. The molecule has 2 rings (SSSR count). The van der Waals surface area contributed by atoms with Crippen LogP contribution in [0.3, 0.4) is 0 Å². The Bertz CT molecular complexity index is 805. The highest BCUT2D eigenvalue weighted by molar-refractivity contribution is 7.89. The summed E-state index contributed by atoms with van der Waals surface area (Å²) in [6, 6.07) is 10.3. The molecule has 0 aliphatic carbocycles. The molecule has 0 spiro atoms. The minimum Gasteiger partial charge on any atom is -0.308 e. The normalized spacial score (nSPS) is 11.0. The van der Waals surface area contributed by atoms with Crippen molar-refractivity contribution < 1.29 is 13.2 Å². The number of rotatable bonds is 3. The maximum absolute atomic E-state index is 11.9. The first-order valence-corrected chi connectivity index (χ1v) is 8.15. The fourth-order valence-electron chi connectivity index (χ4n) is 1.73. The molecule has 0 aliphatic heterocycles. The van der Waals surface area contributed by atoms with E-state index < -0.39 is 16.1 Å². The van der Waals surface area contributed by atoms with Gasteiger partial charge in [0.15, 0.2) is 0 Å². The highest BCUT2D eigenvalue weighted by Gasteiger charge is 2.11. The lowest BCUT2D eigenvalue weighted by Gasteiger charge is -2.11.